The molecule has 8 heteroatoms. The predicted molar refractivity (Wildman–Crippen MR) is 135 cm³/mol. The molecule has 172 valence electrons. The summed E-state index contributed by atoms with van der Waals surface area (Å²) in [5, 5.41) is 4.57. The van der Waals surface area contributed by atoms with E-state index in [1.807, 2.05) is 42.5 Å². The van der Waals surface area contributed by atoms with Crippen LogP contribution in [0.25, 0.3) is 10.4 Å². The fourth-order valence-corrected chi connectivity index (χ4v) is 5.17. The normalized spacial score (nSPS) is 14.2. The lowest BCUT2D eigenvalue weighted by atomic mass is 10.1. The van der Waals surface area contributed by atoms with E-state index in [1.54, 1.807) is 19.1 Å². The first-order valence-corrected chi connectivity index (χ1v) is 12.1. The van der Waals surface area contributed by atoms with Crippen molar-refractivity contribution in [1.29, 1.82) is 0 Å². The molecule has 1 N–H and O–H groups in total. The topological polar surface area (TPSA) is 44.8 Å². The second-order valence-electron chi connectivity index (χ2n) is 7.76. The van der Waals surface area contributed by atoms with Gasteiger partial charge in [0.05, 0.1) is 12.2 Å². The number of thiocarbonyl (C=S) groups is 1. The van der Waals surface area contributed by atoms with E-state index in [2.05, 4.69) is 15.1 Å². The number of carbonyl (C=O) groups excluding carboxylic acids is 1. The molecule has 1 fully saturated rings. The minimum Gasteiger partial charge on any atom is -0.462 e. The van der Waals surface area contributed by atoms with Crippen LogP contribution in [0.5, 0.6) is 0 Å². The summed E-state index contributed by atoms with van der Waals surface area (Å²) in [5.41, 5.74) is 2.50. The van der Waals surface area contributed by atoms with Crippen molar-refractivity contribution in [2.75, 3.05) is 38.1 Å². The smallest absolute Gasteiger partial charge is 0.341 e. The van der Waals surface area contributed by atoms with E-state index in [0.717, 1.165) is 42.2 Å². The van der Waals surface area contributed by atoms with E-state index in [9.17, 15) is 9.18 Å². The van der Waals surface area contributed by atoms with E-state index in [-0.39, 0.29) is 11.8 Å². The first kappa shape index (κ1) is 23.4. The Hall–Kier alpha value is -2.81. The quantitative estimate of drug-likeness (QED) is 0.382. The van der Waals surface area contributed by atoms with Crippen molar-refractivity contribution >= 4 is 39.6 Å². The van der Waals surface area contributed by atoms with Crippen LogP contribution in [0.1, 0.15) is 22.8 Å². The Morgan fingerprint density at radius 3 is 2.55 bits per heavy atom. The molecular weight excluding hydrogens is 457 g/mol. The highest BCUT2D eigenvalue weighted by atomic mass is 32.1. The number of nitrogens with one attached hydrogen (secondary N) is 1. The van der Waals surface area contributed by atoms with Crippen LogP contribution in [0.4, 0.5) is 9.39 Å². The SMILES string of the molecule is CCOC(=O)c1cc(-c2ccccc2)sc1NC(=S)N1CCN(Cc2cccc(F)c2)CC1. The van der Waals surface area contributed by atoms with Gasteiger partial charge < -0.3 is 15.0 Å². The molecule has 0 aliphatic carbocycles. The van der Waals surface area contributed by atoms with Crippen molar-refractivity contribution in [1.82, 2.24) is 9.80 Å². The molecule has 2 heterocycles. The molecule has 0 spiro atoms. The zero-order valence-electron chi connectivity index (χ0n) is 18.4. The van der Waals surface area contributed by atoms with Gasteiger partial charge in [-0.3, -0.25) is 4.90 Å². The zero-order valence-corrected chi connectivity index (χ0v) is 20.1. The van der Waals surface area contributed by atoms with Crippen LogP contribution < -0.4 is 5.32 Å². The number of hydrogen-bond donors (Lipinski definition) is 1. The Labute approximate surface area is 202 Å². The van der Waals surface area contributed by atoms with Gasteiger partial charge in [0, 0.05) is 37.6 Å². The number of nitrogens with zero attached hydrogens (tertiary/aromatic N) is 2. The van der Waals surface area contributed by atoms with Crippen LogP contribution >= 0.6 is 23.6 Å². The monoisotopic (exact) mass is 483 g/mol. The van der Waals surface area contributed by atoms with Crippen LogP contribution in [0.3, 0.4) is 0 Å². The molecule has 0 radical (unpaired) electrons. The molecule has 3 aromatic rings. The van der Waals surface area contributed by atoms with Gasteiger partial charge >= 0.3 is 5.97 Å². The van der Waals surface area contributed by atoms with Crippen LogP contribution in [0.15, 0.2) is 60.7 Å². The number of hydrogen-bond acceptors (Lipinski definition) is 5. The number of esters is 1. The van der Waals surface area contributed by atoms with E-state index >= 15 is 0 Å². The van der Waals surface area contributed by atoms with Crippen molar-refractivity contribution < 1.29 is 13.9 Å². The molecule has 0 bridgehead atoms. The number of piperazine rings is 1. The average Bonchev–Trinajstić information content (AvgIpc) is 3.24. The summed E-state index contributed by atoms with van der Waals surface area (Å²) in [4.78, 5) is 17.9. The van der Waals surface area contributed by atoms with E-state index in [0.29, 0.717) is 28.8 Å². The fraction of sp³-hybridized carbons (Fsp3) is 0.280. The molecule has 1 saturated heterocycles. The Kier molecular flexibility index (Phi) is 7.69. The standard InChI is InChI=1S/C25H26FN3O2S2/c1-2-31-24(30)21-16-22(19-8-4-3-5-9-19)33-23(21)27-25(32)29-13-11-28(12-14-29)17-18-7-6-10-20(26)15-18/h3-10,15-16H,2,11-14,17H2,1H3,(H,27,32). The molecule has 0 saturated carbocycles. The van der Waals surface area contributed by atoms with Crippen molar-refractivity contribution in [3.8, 4) is 10.4 Å². The summed E-state index contributed by atoms with van der Waals surface area (Å²) in [6.07, 6.45) is 0. The van der Waals surface area contributed by atoms with Crippen LogP contribution in [-0.2, 0) is 11.3 Å². The zero-order chi connectivity index (χ0) is 23.2. The minimum atomic E-state index is -0.360. The van der Waals surface area contributed by atoms with Crippen molar-refractivity contribution in [2.24, 2.45) is 0 Å². The number of halogens is 1. The van der Waals surface area contributed by atoms with Gasteiger partial charge in [-0.25, -0.2) is 9.18 Å². The van der Waals surface area contributed by atoms with Crippen molar-refractivity contribution in [3.05, 3.63) is 77.6 Å². The highest BCUT2D eigenvalue weighted by Crippen LogP contribution is 2.36. The largest absolute Gasteiger partial charge is 0.462 e. The number of ether oxygens (including phenoxy) is 1. The lowest BCUT2D eigenvalue weighted by Crippen LogP contribution is -2.49. The highest BCUT2D eigenvalue weighted by molar-refractivity contribution is 7.80. The first-order valence-electron chi connectivity index (χ1n) is 10.9. The van der Waals surface area contributed by atoms with Gasteiger partial charge in [0.2, 0.25) is 0 Å². The minimum absolute atomic E-state index is 0.209. The molecule has 1 aliphatic heterocycles. The maximum Gasteiger partial charge on any atom is 0.341 e. The molecule has 5 nitrogen and oxygen atoms in total. The Balaban J connectivity index is 1.41. The van der Waals surface area contributed by atoms with Gasteiger partial charge in [0.25, 0.3) is 0 Å². The van der Waals surface area contributed by atoms with E-state index in [1.165, 1.54) is 17.4 Å². The Morgan fingerprint density at radius 2 is 1.85 bits per heavy atom. The van der Waals surface area contributed by atoms with Gasteiger partial charge in [-0.1, -0.05) is 42.5 Å². The van der Waals surface area contributed by atoms with Gasteiger partial charge in [0.15, 0.2) is 5.11 Å². The third kappa shape index (κ3) is 5.96. The summed E-state index contributed by atoms with van der Waals surface area (Å²) in [5.74, 6) is -0.569. The van der Waals surface area contributed by atoms with E-state index < -0.39 is 0 Å². The summed E-state index contributed by atoms with van der Waals surface area (Å²) in [6.45, 7) is 5.98. The summed E-state index contributed by atoms with van der Waals surface area (Å²) in [7, 11) is 0. The number of benzene rings is 2. The molecular formula is C25H26FN3O2S2. The van der Waals surface area contributed by atoms with Crippen LogP contribution in [-0.4, -0.2) is 53.7 Å². The molecule has 33 heavy (non-hydrogen) atoms. The average molecular weight is 484 g/mol. The molecule has 0 amide bonds. The molecule has 2 aromatic carbocycles. The number of anilines is 1. The van der Waals surface area contributed by atoms with Crippen molar-refractivity contribution in [3.63, 3.8) is 0 Å². The van der Waals surface area contributed by atoms with Crippen LogP contribution in [0.2, 0.25) is 0 Å². The van der Waals surface area contributed by atoms with E-state index in [4.69, 9.17) is 17.0 Å². The first-order chi connectivity index (χ1) is 16.0. The number of carbonyl (C=O) groups is 1. The molecule has 1 aromatic heterocycles. The highest BCUT2D eigenvalue weighted by Gasteiger charge is 2.23. The maximum atomic E-state index is 13.5. The van der Waals surface area contributed by atoms with Gasteiger partial charge in [-0.05, 0) is 48.5 Å². The maximum absolute atomic E-state index is 13.5. The number of rotatable bonds is 6. The lowest BCUT2D eigenvalue weighted by Gasteiger charge is -2.36. The Bertz CT molecular complexity index is 1110. The summed E-state index contributed by atoms with van der Waals surface area (Å²) in [6, 6.07) is 18.5. The number of thiophene rings is 1. The third-order valence-corrected chi connectivity index (χ3v) is 6.92. The van der Waals surface area contributed by atoms with Crippen LogP contribution in [0, 0.1) is 5.82 Å². The lowest BCUT2D eigenvalue weighted by molar-refractivity contribution is 0.0528. The second kappa shape index (κ2) is 10.9. The van der Waals surface area contributed by atoms with Gasteiger partial charge in [-0.2, -0.15) is 0 Å². The molecule has 4 rings (SSSR count). The molecule has 1 aliphatic rings. The molecule has 0 unspecified atom stereocenters. The molecule has 0 atom stereocenters. The van der Waals surface area contributed by atoms with Gasteiger partial charge in [0.1, 0.15) is 10.8 Å². The van der Waals surface area contributed by atoms with Gasteiger partial charge in [-0.15, -0.1) is 11.3 Å². The van der Waals surface area contributed by atoms with Crippen molar-refractivity contribution in [2.45, 2.75) is 13.5 Å². The predicted octanol–water partition coefficient (Wildman–Crippen LogP) is 5.25. The second-order valence-corrected chi connectivity index (χ2v) is 9.20. The summed E-state index contributed by atoms with van der Waals surface area (Å²) < 4.78 is 18.7. The Morgan fingerprint density at radius 1 is 1.09 bits per heavy atom. The third-order valence-electron chi connectivity index (χ3n) is 5.46. The fourth-order valence-electron chi connectivity index (χ4n) is 3.77. The summed E-state index contributed by atoms with van der Waals surface area (Å²) >= 11 is 7.17.